The lowest BCUT2D eigenvalue weighted by Crippen LogP contribution is -2.00. The van der Waals surface area contributed by atoms with Crippen LogP contribution in [0.3, 0.4) is 0 Å². The lowest BCUT2D eigenvalue weighted by Gasteiger charge is -2.11. The molecule has 2 rings (SSSR count). The maximum atomic E-state index is 11.2. The Hall–Kier alpha value is -1.72. The molecule has 0 bridgehead atoms. The van der Waals surface area contributed by atoms with E-state index in [4.69, 9.17) is 26.2 Å². The van der Waals surface area contributed by atoms with Gasteiger partial charge in [0.15, 0.2) is 0 Å². The number of methoxy groups -OCH3 is 1. The molecule has 0 heterocycles. The van der Waals surface area contributed by atoms with E-state index in [9.17, 15) is 4.79 Å². The molecule has 20 heavy (non-hydrogen) atoms. The van der Waals surface area contributed by atoms with Gasteiger partial charge in [-0.1, -0.05) is 27.5 Å². The zero-order chi connectivity index (χ0) is 14.7. The van der Waals surface area contributed by atoms with Gasteiger partial charge in [0.25, 0.3) is 0 Å². The van der Waals surface area contributed by atoms with Gasteiger partial charge in [0.2, 0.25) is 0 Å². The third-order valence-electron chi connectivity index (χ3n) is 2.53. The van der Waals surface area contributed by atoms with Crippen LogP contribution < -0.4 is 9.47 Å². The van der Waals surface area contributed by atoms with Crippen molar-refractivity contribution in [3.8, 4) is 17.2 Å². The summed E-state index contributed by atoms with van der Waals surface area (Å²) in [6.45, 7) is 0. The quantitative estimate of drug-likeness (QED) is 0.868. The summed E-state index contributed by atoms with van der Waals surface area (Å²) in [6.07, 6.45) is 0. The van der Waals surface area contributed by atoms with Crippen LogP contribution in [-0.4, -0.2) is 18.2 Å². The molecule has 0 spiro atoms. The SMILES string of the molecule is COc1ccc(C(=O)O)c(Oc2cc(Br)ccc2Cl)c1. The van der Waals surface area contributed by atoms with Gasteiger partial charge >= 0.3 is 5.97 Å². The van der Waals surface area contributed by atoms with Crippen molar-refractivity contribution in [2.24, 2.45) is 0 Å². The lowest BCUT2D eigenvalue weighted by molar-refractivity contribution is 0.0694. The van der Waals surface area contributed by atoms with Crippen molar-refractivity contribution in [3.05, 3.63) is 51.5 Å². The molecule has 0 aromatic heterocycles. The summed E-state index contributed by atoms with van der Waals surface area (Å²) in [6, 6.07) is 9.55. The molecule has 2 aromatic rings. The highest BCUT2D eigenvalue weighted by atomic mass is 79.9. The van der Waals surface area contributed by atoms with E-state index in [1.165, 1.54) is 19.2 Å². The van der Waals surface area contributed by atoms with Crippen LogP contribution in [0.2, 0.25) is 5.02 Å². The second kappa shape index (κ2) is 6.15. The molecule has 0 aliphatic rings. The van der Waals surface area contributed by atoms with Crippen LogP contribution in [0.5, 0.6) is 17.2 Å². The van der Waals surface area contributed by atoms with Crippen molar-refractivity contribution in [1.29, 1.82) is 0 Å². The molecule has 0 atom stereocenters. The number of aromatic carboxylic acids is 1. The Kier molecular flexibility index (Phi) is 4.52. The maximum absolute atomic E-state index is 11.2. The van der Waals surface area contributed by atoms with Crippen LogP contribution in [0, 0.1) is 0 Å². The molecule has 0 unspecified atom stereocenters. The van der Waals surface area contributed by atoms with Crippen LogP contribution in [0.15, 0.2) is 40.9 Å². The summed E-state index contributed by atoms with van der Waals surface area (Å²) in [4.78, 5) is 11.2. The van der Waals surface area contributed by atoms with Crippen molar-refractivity contribution in [3.63, 3.8) is 0 Å². The summed E-state index contributed by atoms with van der Waals surface area (Å²) >= 11 is 9.33. The Morgan fingerprint density at radius 2 is 1.95 bits per heavy atom. The Morgan fingerprint density at radius 3 is 2.60 bits per heavy atom. The third kappa shape index (κ3) is 3.23. The van der Waals surface area contributed by atoms with Gasteiger partial charge < -0.3 is 14.6 Å². The second-order valence-electron chi connectivity index (χ2n) is 3.84. The van der Waals surface area contributed by atoms with Crippen molar-refractivity contribution in [2.45, 2.75) is 0 Å². The standard InChI is InChI=1S/C14H10BrClO4/c1-19-9-3-4-10(14(17)18)12(7-9)20-13-6-8(15)2-5-11(13)16/h2-7H,1H3,(H,17,18). The zero-order valence-electron chi connectivity index (χ0n) is 10.4. The van der Waals surface area contributed by atoms with Crippen LogP contribution >= 0.6 is 27.5 Å². The minimum Gasteiger partial charge on any atom is -0.497 e. The van der Waals surface area contributed by atoms with Crippen LogP contribution in [-0.2, 0) is 0 Å². The van der Waals surface area contributed by atoms with Crippen molar-refractivity contribution in [1.82, 2.24) is 0 Å². The minimum atomic E-state index is -1.09. The molecular weight excluding hydrogens is 348 g/mol. The minimum absolute atomic E-state index is 0.0295. The molecular formula is C14H10BrClO4. The first-order valence-electron chi connectivity index (χ1n) is 5.55. The Labute approximate surface area is 129 Å². The first-order valence-corrected chi connectivity index (χ1v) is 6.72. The van der Waals surface area contributed by atoms with Gasteiger partial charge in [-0.3, -0.25) is 0 Å². The van der Waals surface area contributed by atoms with E-state index >= 15 is 0 Å². The Morgan fingerprint density at radius 1 is 1.20 bits per heavy atom. The van der Waals surface area contributed by atoms with Gasteiger partial charge in [0.1, 0.15) is 22.8 Å². The number of benzene rings is 2. The molecule has 2 aromatic carbocycles. The molecule has 0 aliphatic heterocycles. The van der Waals surface area contributed by atoms with E-state index in [1.807, 2.05) is 0 Å². The topological polar surface area (TPSA) is 55.8 Å². The van der Waals surface area contributed by atoms with E-state index in [0.717, 1.165) is 4.47 Å². The Bertz CT molecular complexity index is 658. The average molecular weight is 358 g/mol. The number of rotatable bonds is 4. The van der Waals surface area contributed by atoms with E-state index in [0.29, 0.717) is 16.5 Å². The first kappa shape index (κ1) is 14.7. The second-order valence-corrected chi connectivity index (χ2v) is 5.17. The van der Waals surface area contributed by atoms with Crippen molar-refractivity contribution in [2.75, 3.05) is 7.11 Å². The van der Waals surface area contributed by atoms with Crippen LogP contribution in [0.4, 0.5) is 0 Å². The van der Waals surface area contributed by atoms with Gasteiger partial charge in [-0.2, -0.15) is 0 Å². The van der Waals surface area contributed by atoms with E-state index < -0.39 is 5.97 Å². The molecule has 4 nitrogen and oxygen atoms in total. The normalized spacial score (nSPS) is 10.2. The van der Waals surface area contributed by atoms with Crippen molar-refractivity contribution >= 4 is 33.5 Å². The fourth-order valence-electron chi connectivity index (χ4n) is 1.56. The Balaban J connectivity index is 2.45. The summed E-state index contributed by atoms with van der Waals surface area (Å²) in [7, 11) is 1.49. The predicted molar refractivity (Wildman–Crippen MR) is 79.2 cm³/mol. The zero-order valence-corrected chi connectivity index (χ0v) is 12.7. The molecule has 0 radical (unpaired) electrons. The number of hydrogen-bond acceptors (Lipinski definition) is 3. The fourth-order valence-corrected chi connectivity index (χ4v) is 2.06. The largest absolute Gasteiger partial charge is 0.497 e. The van der Waals surface area contributed by atoms with Gasteiger partial charge in [0, 0.05) is 10.5 Å². The van der Waals surface area contributed by atoms with Crippen molar-refractivity contribution < 1.29 is 19.4 Å². The molecule has 0 fully saturated rings. The van der Waals surface area contributed by atoms with Crippen LogP contribution in [0.1, 0.15) is 10.4 Å². The van der Waals surface area contributed by atoms with E-state index in [1.54, 1.807) is 24.3 Å². The number of hydrogen-bond donors (Lipinski definition) is 1. The number of carboxylic acids is 1. The van der Waals surface area contributed by atoms with Gasteiger partial charge in [-0.05, 0) is 30.3 Å². The summed E-state index contributed by atoms with van der Waals surface area (Å²) in [5, 5.41) is 9.55. The lowest BCUT2D eigenvalue weighted by atomic mass is 10.2. The summed E-state index contributed by atoms with van der Waals surface area (Å²) < 4.78 is 11.4. The maximum Gasteiger partial charge on any atom is 0.339 e. The predicted octanol–water partition coefficient (Wildman–Crippen LogP) is 4.60. The highest BCUT2D eigenvalue weighted by Gasteiger charge is 2.14. The van der Waals surface area contributed by atoms with Gasteiger partial charge in [-0.15, -0.1) is 0 Å². The molecule has 1 N–H and O–H groups in total. The van der Waals surface area contributed by atoms with E-state index in [-0.39, 0.29) is 11.3 Å². The molecule has 0 saturated heterocycles. The van der Waals surface area contributed by atoms with E-state index in [2.05, 4.69) is 15.9 Å². The fraction of sp³-hybridized carbons (Fsp3) is 0.0714. The average Bonchev–Trinajstić information content (AvgIpc) is 2.42. The van der Waals surface area contributed by atoms with Gasteiger partial charge in [-0.25, -0.2) is 4.79 Å². The van der Waals surface area contributed by atoms with Crippen LogP contribution in [0.25, 0.3) is 0 Å². The molecule has 0 saturated carbocycles. The highest BCUT2D eigenvalue weighted by Crippen LogP contribution is 2.35. The molecule has 104 valence electrons. The highest BCUT2D eigenvalue weighted by molar-refractivity contribution is 9.10. The number of halogens is 2. The van der Waals surface area contributed by atoms with Gasteiger partial charge in [0.05, 0.1) is 12.1 Å². The summed E-state index contributed by atoms with van der Waals surface area (Å²) in [5.41, 5.74) is 0.0295. The third-order valence-corrected chi connectivity index (χ3v) is 3.34. The molecule has 0 aliphatic carbocycles. The molecule has 6 heteroatoms. The number of ether oxygens (including phenoxy) is 2. The monoisotopic (exact) mass is 356 g/mol. The number of carboxylic acid groups (broad SMARTS) is 1. The first-order chi connectivity index (χ1) is 9.51. The molecule has 0 amide bonds. The smallest absolute Gasteiger partial charge is 0.339 e. The summed E-state index contributed by atoms with van der Waals surface area (Å²) in [5.74, 6) is -0.0708. The number of carbonyl (C=O) groups is 1.